The summed E-state index contributed by atoms with van der Waals surface area (Å²) >= 11 is 0. The van der Waals surface area contributed by atoms with Crippen LogP contribution in [0, 0.1) is 5.92 Å². The number of carbonyl (C=O) groups excluding carboxylic acids is 2. The van der Waals surface area contributed by atoms with Gasteiger partial charge in [0.2, 0.25) is 11.8 Å². The van der Waals surface area contributed by atoms with Crippen molar-refractivity contribution in [1.29, 1.82) is 0 Å². The second kappa shape index (κ2) is 9.33. The van der Waals surface area contributed by atoms with E-state index in [1.54, 1.807) is 13.8 Å². The summed E-state index contributed by atoms with van der Waals surface area (Å²) < 4.78 is 0. The van der Waals surface area contributed by atoms with E-state index in [0.717, 1.165) is 6.42 Å². The van der Waals surface area contributed by atoms with Gasteiger partial charge in [-0.3, -0.25) is 9.59 Å². The number of hydrogen-bond acceptors (Lipinski definition) is 4. The molecule has 0 unspecified atom stereocenters. The molecule has 0 aliphatic carbocycles. The maximum atomic E-state index is 11.9. The Bertz CT molecular complexity index is 371. The van der Waals surface area contributed by atoms with Gasteiger partial charge in [-0.15, -0.1) is 0 Å². The molecule has 0 rings (SSSR count). The number of carbonyl (C=O) groups is 3. The zero-order valence-electron chi connectivity index (χ0n) is 13.2. The molecular formula is C14H27N3O4. The van der Waals surface area contributed by atoms with E-state index in [1.165, 1.54) is 6.92 Å². The SMILES string of the molecule is CCCC[C@H](NC(=O)[C@H](C)NC(=O)[C@@H](N)C(C)C)C(=O)O. The highest BCUT2D eigenvalue weighted by Gasteiger charge is 2.25. The van der Waals surface area contributed by atoms with E-state index in [0.29, 0.717) is 12.8 Å². The Balaban J connectivity index is 4.48. The van der Waals surface area contributed by atoms with Crippen LogP contribution in [0.4, 0.5) is 0 Å². The van der Waals surface area contributed by atoms with Crippen LogP contribution in [0.25, 0.3) is 0 Å². The highest BCUT2D eigenvalue weighted by molar-refractivity contribution is 5.91. The highest BCUT2D eigenvalue weighted by atomic mass is 16.4. The fourth-order valence-electron chi connectivity index (χ4n) is 1.64. The minimum absolute atomic E-state index is 0.0448. The molecule has 0 aromatic heterocycles. The lowest BCUT2D eigenvalue weighted by Crippen LogP contribution is -2.54. The van der Waals surface area contributed by atoms with Crippen molar-refractivity contribution in [2.45, 2.75) is 65.1 Å². The first-order valence-electron chi connectivity index (χ1n) is 7.29. The Morgan fingerprint density at radius 1 is 1.10 bits per heavy atom. The van der Waals surface area contributed by atoms with Crippen LogP contribution in [-0.2, 0) is 14.4 Å². The number of hydrogen-bond donors (Lipinski definition) is 4. The van der Waals surface area contributed by atoms with Crippen molar-refractivity contribution in [3.05, 3.63) is 0 Å². The average molecular weight is 301 g/mol. The van der Waals surface area contributed by atoms with Crippen molar-refractivity contribution in [3.63, 3.8) is 0 Å². The van der Waals surface area contributed by atoms with Crippen LogP contribution < -0.4 is 16.4 Å². The fraction of sp³-hybridized carbons (Fsp3) is 0.786. The monoisotopic (exact) mass is 301 g/mol. The summed E-state index contributed by atoms with van der Waals surface area (Å²) in [6, 6.07) is -2.46. The fourth-order valence-corrected chi connectivity index (χ4v) is 1.64. The van der Waals surface area contributed by atoms with Crippen molar-refractivity contribution in [1.82, 2.24) is 10.6 Å². The summed E-state index contributed by atoms with van der Waals surface area (Å²) in [5.41, 5.74) is 5.69. The van der Waals surface area contributed by atoms with Gasteiger partial charge in [-0.25, -0.2) is 4.79 Å². The molecular weight excluding hydrogens is 274 g/mol. The van der Waals surface area contributed by atoms with E-state index in [9.17, 15) is 14.4 Å². The molecule has 21 heavy (non-hydrogen) atoms. The van der Waals surface area contributed by atoms with Gasteiger partial charge in [0.25, 0.3) is 0 Å². The molecule has 0 heterocycles. The van der Waals surface area contributed by atoms with Gasteiger partial charge >= 0.3 is 5.97 Å². The third kappa shape index (κ3) is 7.08. The molecule has 0 saturated heterocycles. The van der Waals surface area contributed by atoms with Gasteiger partial charge in [0.05, 0.1) is 6.04 Å². The van der Waals surface area contributed by atoms with E-state index < -0.39 is 35.9 Å². The second-order valence-electron chi connectivity index (χ2n) is 5.54. The molecule has 7 nitrogen and oxygen atoms in total. The highest BCUT2D eigenvalue weighted by Crippen LogP contribution is 2.02. The van der Waals surface area contributed by atoms with E-state index >= 15 is 0 Å². The van der Waals surface area contributed by atoms with Crippen molar-refractivity contribution in [2.75, 3.05) is 0 Å². The van der Waals surface area contributed by atoms with Crippen LogP contribution in [0.3, 0.4) is 0 Å². The summed E-state index contributed by atoms with van der Waals surface area (Å²) in [4.78, 5) is 34.7. The van der Waals surface area contributed by atoms with Crippen LogP contribution in [-0.4, -0.2) is 41.0 Å². The van der Waals surface area contributed by atoms with Gasteiger partial charge in [-0.1, -0.05) is 33.6 Å². The van der Waals surface area contributed by atoms with Crippen LogP contribution in [0.5, 0.6) is 0 Å². The number of carboxylic acid groups (broad SMARTS) is 1. The van der Waals surface area contributed by atoms with E-state index in [-0.39, 0.29) is 5.92 Å². The van der Waals surface area contributed by atoms with Crippen molar-refractivity contribution < 1.29 is 19.5 Å². The van der Waals surface area contributed by atoms with Crippen LogP contribution >= 0.6 is 0 Å². The first kappa shape index (κ1) is 19.4. The molecule has 2 amide bonds. The van der Waals surface area contributed by atoms with Gasteiger partial charge in [-0.2, -0.15) is 0 Å². The van der Waals surface area contributed by atoms with Gasteiger partial charge in [-0.05, 0) is 19.3 Å². The van der Waals surface area contributed by atoms with Crippen LogP contribution in [0.15, 0.2) is 0 Å². The Kier molecular flexibility index (Phi) is 8.61. The first-order chi connectivity index (χ1) is 9.70. The maximum Gasteiger partial charge on any atom is 0.326 e. The van der Waals surface area contributed by atoms with Crippen molar-refractivity contribution in [3.8, 4) is 0 Å². The zero-order valence-corrected chi connectivity index (χ0v) is 13.2. The molecule has 7 heteroatoms. The summed E-state index contributed by atoms with van der Waals surface area (Å²) in [6.45, 7) is 7.05. The lowest BCUT2D eigenvalue weighted by atomic mass is 10.0. The Morgan fingerprint density at radius 3 is 2.10 bits per heavy atom. The van der Waals surface area contributed by atoms with E-state index in [1.807, 2.05) is 6.92 Å². The van der Waals surface area contributed by atoms with Crippen LogP contribution in [0.2, 0.25) is 0 Å². The third-order valence-electron chi connectivity index (χ3n) is 3.23. The normalized spacial score (nSPS) is 15.1. The van der Waals surface area contributed by atoms with Gasteiger partial charge in [0.1, 0.15) is 12.1 Å². The van der Waals surface area contributed by atoms with Crippen molar-refractivity contribution >= 4 is 17.8 Å². The smallest absolute Gasteiger partial charge is 0.326 e. The molecule has 3 atom stereocenters. The Morgan fingerprint density at radius 2 is 1.67 bits per heavy atom. The molecule has 0 saturated carbocycles. The lowest BCUT2D eigenvalue weighted by molar-refractivity contribution is -0.142. The summed E-state index contributed by atoms with van der Waals surface area (Å²) in [6.07, 6.45) is 1.91. The Labute approximate surface area is 125 Å². The Hall–Kier alpha value is -1.63. The molecule has 0 aliphatic rings. The zero-order chi connectivity index (χ0) is 16.6. The summed E-state index contributed by atoms with van der Waals surface area (Å²) in [5, 5.41) is 14.0. The van der Waals surface area contributed by atoms with Gasteiger partial charge in [0, 0.05) is 0 Å². The van der Waals surface area contributed by atoms with Crippen molar-refractivity contribution in [2.24, 2.45) is 11.7 Å². The molecule has 5 N–H and O–H groups in total. The molecule has 0 aromatic carbocycles. The topological polar surface area (TPSA) is 122 Å². The predicted molar refractivity (Wildman–Crippen MR) is 79.5 cm³/mol. The number of amides is 2. The minimum Gasteiger partial charge on any atom is -0.480 e. The number of nitrogens with one attached hydrogen (secondary N) is 2. The summed E-state index contributed by atoms with van der Waals surface area (Å²) in [5.74, 6) is -2.07. The second-order valence-corrected chi connectivity index (χ2v) is 5.54. The third-order valence-corrected chi connectivity index (χ3v) is 3.23. The van der Waals surface area contributed by atoms with Crippen LogP contribution in [0.1, 0.15) is 47.0 Å². The molecule has 0 aliphatic heterocycles. The molecule has 0 fully saturated rings. The molecule has 122 valence electrons. The molecule has 0 bridgehead atoms. The average Bonchev–Trinajstić information content (AvgIpc) is 2.41. The number of carboxylic acids is 1. The molecule has 0 radical (unpaired) electrons. The number of nitrogens with two attached hydrogens (primary N) is 1. The van der Waals surface area contributed by atoms with Gasteiger partial charge in [0.15, 0.2) is 0 Å². The minimum atomic E-state index is -1.07. The van der Waals surface area contributed by atoms with E-state index in [4.69, 9.17) is 10.8 Å². The number of aliphatic carboxylic acids is 1. The molecule has 0 spiro atoms. The lowest BCUT2D eigenvalue weighted by Gasteiger charge is -2.21. The molecule has 0 aromatic rings. The maximum absolute atomic E-state index is 11.9. The van der Waals surface area contributed by atoms with Gasteiger partial charge < -0.3 is 21.5 Å². The standard InChI is InChI=1S/C14H27N3O4/c1-5-6-7-10(14(20)21)17-12(18)9(4)16-13(19)11(15)8(2)3/h8-11H,5-7,15H2,1-4H3,(H,16,19)(H,17,18)(H,20,21)/t9-,10-,11-/m0/s1. The number of unbranched alkanes of at least 4 members (excludes halogenated alkanes) is 1. The quantitative estimate of drug-likeness (QED) is 0.486. The number of rotatable bonds is 9. The predicted octanol–water partition coefficient (Wildman–Crippen LogP) is 0.234. The first-order valence-corrected chi connectivity index (χ1v) is 7.29. The summed E-state index contributed by atoms with van der Waals surface area (Å²) in [7, 11) is 0. The largest absolute Gasteiger partial charge is 0.480 e. The van der Waals surface area contributed by atoms with E-state index in [2.05, 4.69) is 10.6 Å².